The van der Waals surface area contributed by atoms with E-state index in [2.05, 4.69) is 11.8 Å². The Morgan fingerprint density at radius 2 is 1.78 bits per heavy atom. The number of amides is 1. The van der Waals surface area contributed by atoms with Crippen LogP contribution in [0.3, 0.4) is 0 Å². The molecule has 1 N–H and O–H groups in total. The molecule has 0 aromatic carbocycles. The van der Waals surface area contributed by atoms with Gasteiger partial charge in [0.25, 0.3) is 0 Å². The van der Waals surface area contributed by atoms with Crippen LogP contribution in [0, 0.1) is 0 Å². The van der Waals surface area contributed by atoms with Crippen molar-refractivity contribution in [2.45, 2.75) is 45.4 Å². The highest BCUT2D eigenvalue weighted by molar-refractivity contribution is 5.78. The molecular formula is C14H28N2O2. The Bertz CT molecular complexity index is 226. The second-order valence-corrected chi connectivity index (χ2v) is 5.09. The van der Waals surface area contributed by atoms with E-state index >= 15 is 0 Å². The van der Waals surface area contributed by atoms with Crippen LogP contribution in [0.5, 0.6) is 0 Å². The third kappa shape index (κ3) is 5.83. The summed E-state index contributed by atoms with van der Waals surface area (Å²) in [5, 5.41) is 8.84. The zero-order chi connectivity index (χ0) is 13.2. The van der Waals surface area contributed by atoms with Gasteiger partial charge in [0, 0.05) is 26.2 Å². The number of carbonyl (C=O) groups excluding carboxylic acids is 1. The van der Waals surface area contributed by atoms with Gasteiger partial charge in [-0.1, -0.05) is 26.2 Å². The van der Waals surface area contributed by atoms with Crippen molar-refractivity contribution in [1.29, 1.82) is 0 Å². The van der Waals surface area contributed by atoms with Crippen molar-refractivity contribution in [2.75, 3.05) is 39.3 Å². The fourth-order valence-electron chi connectivity index (χ4n) is 2.43. The van der Waals surface area contributed by atoms with Gasteiger partial charge in [-0.15, -0.1) is 0 Å². The van der Waals surface area contributed by atoms with Gasteiger partial charge in [-0.25, -0.2) is 0 Å². The van der Waals surface area contributed by atoms with Crippen molar-refractivity contribution in [3.8, 4) is 0 Å². The van der Waals surface area contributed by atoms with E-state index in [0.29, 0.717) is 6.54 Å². The maximum absolute atomic E-state index is 12.2. The van der Waals surface area contributed by atoms with Gasteiger partial charge in [0.05, 0.1) is 6.54 Å². The highest BCUT2D eigenvalue weighted by Gasteiger charge is 2.17. The minimum absolute atomic E-state index is 0.203. The molecule has 0 unspecified atom stereocenters. The fourth-order valence-corrected chi connectivity index (χ4v) is 2.43. The number of likely N-dealkylation sites (N-methyl/N-ethyl adjacent to an activating group) is 1. The van der Waals surface area contributed by atoms with Gasteiger partial charge >= 0.3 is 0 Å². The number of carbonyl (C=O) groups is 1. The molecule has 1 rings (SSSR count). The molecule has 0 spiro atoms. The Morgan fingerprint density at radius 3 is 2.33 bits per heavy atom. The molecule has 0 aliphatic carbocycles. The summed E-state index contributed by atoms with van der Waals surface area (Å²) in [6.07, 6.45) is 6.88. The number of hydrogen-bond acceptors (Lipinski definition) is 3. The van der Waals surface area contributed by atoms with Crippen molar-refractivity contribution < 1.29 is 9.90 Å². The maximum Gasteiger partial charge on any atom is 0.236 e. The van der Waals surface area contributed by atoms with Crippen molar-refractivity contribution in [3.05, 3.63) is 0 Å². The lowest BCUT2D eigenvalue weighted by atomic mass is 10.1. The number of rotatable bonds is 6. The summed E-state index contributed by atoms with van der Waals surface area (Å²) in [5.41, 5.74) is 0. The molecule has 4 nitrogen and oxygen atoms in total. The van der Waals surface area contributed by atoms with Gasteiger partial charge in [-0.2, -0.15) is 0 Å². The van der Waals surface area contributed by atoms with Gasteiger partial charge in [-0.3, -0.25) is 9.69 Å². The van der Waals surface area contributed by atoms with Gasteiger partial charge in [0.15, 0.2) is 0 Å². The quantitative estimate of drug-likeness (QED) is 0.783. The van der Waals surface area contributed by atoms with Crippen molar-refractivity contribution in [2.24, 2.45) is 0 Å². The Labute approximate surface area is 111 Å². The minimum atomic E-state index is 0.203. The van der Waals surface area contributed by atoms with E-state index in [1.165, 1.54) is 19.3 Å². The van der Waals surface area contributed by atoms with Gasteiger partial charge in [0.2, 0.25) is 5.91 Å². The molecule has 1 aliphatic heterocycles. The molecule has 0 bridgehead atoms. The summed E-state index contributed by atoms with van der Waals surface area (Å²) in [4.78, 5) is 16.4. The number of aliphatic hydroxyl groups excluding tert-OH is 1. The average Bonchev–Trinajstić information content (AvgIpc) is 2.33. The second-order valence-electron chi connectivity index (χ2n) is 5.09. The summed E-state index contributed by atoms with van der Waals surface area (Å²) in [7, 11) is 0. The van der Waals surface area contributed by atoms with Gasteiger partial charge < -0.3 is 10.0 Å². The van der Waals surface area contributed by atoms with Crippen LogP contribution in [0.1, 0.15) is 45.4 Å². The fraction of sp³-hybridized carbons (Fsp3) is 0.929. The first kappa shape index (κ1) is 15.4. The summed E-state index contributed by atoms with van der Waals surface area (Å²) in [5.74, 6) is 0.261. The van der Waals surface area contributed by atoms with E-state index in [1.54, 1.807) is 0 Å². The SMILES string of the molecule is CCN(CCCO)CC(=O)N1CCCCCCC1. The zero-order valence-corrected chi connectivity index (χ0v) is 11.7. The predicted octanol–water partition coefficient (Wildman–Crippen LogP) is 1.48. The normalized spacial score (nSPS) is 17.6. The van der Waals surface area contributed by atoms with Gasteiger partial charge in [0.1, 0.15) is 0 Å². The number of nitrogens with zero attached hydrogens (tertiary/aromatic N) is 2. The summed E-state index contributed by atoms with van der Waals surface area (Å²) < 4.78 is 0. The van der Waals surface area contributed by atoms with Crippen molar-refractivity contribution in [1.82, 2.24) is 9.80 Å². The topological polar surface area (TPSA) is 43.8 Å². The second kappa shape index (κ2) is 9.34. The van der Waals surface area contributed by atoms with Gasteiger partial charge in [-0.05, 0) is 25.8 Å². The molecule has 1 amide bonds. The molecule has 1 fully saturated rings. The number of aliphatic hydroxyl groups is 1. The van der Waals surface area contributed by atoms with Crippen molar-refractivity contribution in [3.63, 3.8) is 0 Å². The third-order valence-electron chi connectivity index (χ3n) is 3.65. The zero-order valence-electron chi connectivity index (χ0n) is 11.7. The van der Waals surface area contributed by atoms with Crippen LogP contribution in [0.4, 0.5) is 0 Å². The molecule has 0 saturated carbocycles. The molecule has 1 aliphatic rings. The van der Waals surface area contributed by atoms with E-state index < -0.39 is 0 Å². The van der Waals surface area contributed by atoms with Crippen LogP contribution >= 0.6 is 0 Å². The highest BCUT2D eigenvalue weighted by Crippen LogP contribution is 2.10. The van der Waals surface area contributed by atoms with Crippen LogP contribution in [-0.4, -0.2) is 60.1 Å². The molecule has 18 heavy (non-hydrogen) atoms. The molecule has 0 atom stereocenters. The molecular weight excluding hydrogens is 228 g/mol. The van der Waals surface area contributed by atoms with Crippen LogP contribution < -0.4 is 0 Å². The smallest absolute Gasteiger partial charge is 0.236 e. The summed E-state index contributed by atoms with van der Waals surface area (Å²) >= 11 is 0. The molecule has 0 aromatic rings. The largest absolute Gasteiger partial charge is 0.396 e. The van der Waals surface area contributed by atoms with Crippen LogP contribution in [-0.2, 0) is 4.79 Å². The molecule has 1 saturated heterocycles. The van der Waals surface area contributed by atoms with E-state index in [4.69, 9.17) is 5.11 Å². The standard InChI is InChI=1S/C14H28N2O2/c1-2-15(9-8-12-17)13-14(18)16-10-6-4-3-5-7-11-16/h17H,2-13H2,1H3. The van der Waals surface area contributed by atoms with Crippen LogP contribution in [0.2, 0.25) is 0 Å². The lowest BCUT2D eigenvalue weighted by Crippen LogP contribution is -2.42. The van der Waals surface area contributed by atoms with E-state index in [9.17, 15) is 4.79 Å². The first-order valence-electron chi connectivity index (χ1n) is 7.39. The minimum Gasteiger partial charge on any atom is -0.396 e. The third-order valence-corrected chi connectivity index (χ3v) is 3.65. The van der Waals surface area contributed by atoms with Crippen LogP contribution in [0.15, 0.2) is 0 Å². The van der Waals surface area contributed by atoms with E-state index in [0.717, 1.165) is 45.4 Å². The molecule has 106 valence electrons. The number of likely N-dealkylation sites (tertiary alicyclic amines) is 1. The Balaban J connectivity index is 2.35. The average molecular weight is 256 g/mol. The Hall–Kier alpha value is -0.610. The highest BCUT2D eigenvalue weighted by atomic mass is 16.3. The summed E-state index contributed by atoms with van der Waals surface area (Å²) in [6.45, 7) is 6.32. The summed E-state index contributed by atoms with van der Waals surface area (Å²) in [6, 6.07) is 0. The van der Waals surface area contributed by atoms with E-state index in [-0.39, 0.29) is 12.5 Å². The lowest BCUT2D eigenvalue weighted by Gasteiger charge is -2.28. The van der Waals surface area contributed by atoms with Crippen molar-refractivity contribution >= 4 is 5.91 Å². The maximum atomic E-state index is 12.2. The Kier molecular flexibility index (Phi) is 8.01. The lowest BCUT2D eigenvalue weighted by molar-refractivity contribution is -0.132. The van der Waals surface area contributed by atoms with Crippen LogP contribution in [0.25, 0.3) is 0 Å². The Morgan fingerprint density at radius 1 is 1.17 bits per heavy atom. The number of hydrogen-bond donors (Lipinski definition) is 1. The molecule has 1 heterocycles. The monoisotopic (exact) mass is 256 g/mol. The van der Waals surface area contributed by atoms with E-state index in [1.807, 2.05) is 4.90 Å². The first-order chi connectivity index (χ1) is 8.77. The predicted molar refractivity (Wildman–Crippen MR) is 73.5 cm³/mol. The molecule has 4 heteroatoms. The molecule has 0 aromatic heterocycles. The first-order valence-corrected chi connectivity index (χ1v) is 7.39. The molecule has 0 radical (unpaired) electrons.